The zero-order valence-electron chi connectivity index (χ0n) is 14.0. The average Bonchev–Trinajstić information content (AvgIpc) is 3.22. The Bertz CT molecular complexity index is 546. The topological polar surface area (TPSA) is 49.3 Å². The van der Waals surface area contributed by atoms with Gasteiger partial charge in [-0.3, -0.25) is 4.79 Å². The summed E-state index contributed by atoms with van der Waals surface area (Å²) in [5, 5.41) is 0. The minimum atomic E-state index is 0.287. The lowest BCUT2D eigenvalue weighted by Gasteiger charge is -2.37. The molecule has 0 aromatic carbocycles. The highest BCUT2D eigenvalue weighted by molar-refractivity contribution is 5.81. The van der Waals surface area contributed by atoms with Crippen molar-refractivity contribution in [2.75, 3.05) is 25.0 Å². The van der Waals surface area contributed by atoms with E-state index in [1.165, 1.54) is 0 Å². The SMILES string of the molecule is Cc1cc(N2CCC(N(C)C(=O)[C@H]3C[C@H]3C)CC2)nc(C)n1. The Kier molecular flexibility index (Phi) is 4.06. The number of hydrogen-bond acceptors (Lipinski definition) is 4. The largest absolute Gasteiger partial charge is 0.356 e. The molecule has 1 aromatic rings. The predicted molar refractivity (Wildman–Crippen MR) is 86.8 cm³/mol. The van der Waals surface area contributed by atoms with Gasteiger partial charge >= 0.3 is 0 Å². The summed E-state index contributed by atoms with van der Waals surface area (Å²) >= 11 is 0. The van der Waals surface area contributed by atoms with Crippen LogP contribution in [0.5, 0.6) is 0 Å². The maximum atomic E-state index is 12.3. The number of hydrogen-bond donors (Lipinski definition) is 0. The van der Waals surface area contributed by atoms with Gasteiger partial charge in [-0.25, -0.2) is 9.97 Å². The molecule has 1 saturated heterocycles. The molecule has 1 amide bonds. The molecule has 22 heavy (non-hydrogen) atoms. The number of rotatable bonds is 3. The van der Waals surface area contributed by atoms with Gasteiger partial charge in [-0.15, -0.1) is 0 Å². The van der Waals surface area contributed by atoms with Crippen LogP contribution in [-0.4, -0.2) is 47.0 Å². The van der Waals surface area contributed by atoms with Crippen molar-refractivity contribution < 1.29 is 4.79 Å². The Balaban J connectivity index is 1.59. The zero-order chi connectivity index (χ0) is 15.9. The molecule has 0 unspecified atom stereocenters. The number of carbonyl (C=O) groups is 1. The molecule has 1 saturated carbocycles. The second-order valence-electron chi connectivity index (χ2n) is 6.90. The first-order valence-electron chi connectivity index (χ1n) is 8.29. The van der Waals surface area contributed by atoms with E-state index in [0.29, 0.717) is 17.9 Å². The van der Waals surface area contributed by atoms with Crippen LogP contribution in [0.4, 0.5) is 5.82 Å². The van der Waals surface area contributed by atoms with Crippen LogP contribution in [0.25, 0.3) is 0 Å². The molecule has 0 N–H and O–H groups in total. The van der Waals surface area contributed by atoms with Crippen LogP contribution >= 0.6 is 0 Å². The van der Waals surface area contributed by atoms with E-state index in [4.69, 9.17) is 0 Å². The summed E-state index contributed by atoms with van der Waals surface area (Å²) in [7, 11) is 1.98. The van der Waals surface area contributed by atoms with Gasteiger partial charge in [-0.05, 0) is 39.0 Å². The highest BCUT2D eigenvalue weighted by Crippen LogP contribution is 2.39. The molecule has 3 rings (SSSR count). The van der Waals surface area contributed by atoms with Gasteiger partial charge in [0.1, 0.15) is 11.6 Å². The van der Waals surface area contributed by atoms with Crippen molar-refractivity contribution in [1.82, 2.24) is 14.9 Å². The monoisotopic (exact) mass is 302 g/mol. The highest BCUT2D eigenvalue weighted by Gasteiger charge is 2.42. The fourth-order valence-corrected chi connectivity index (χ4v) is 3.45. The first-order valence-corrected chi connectivity index (χ1v) is 8.29. The maximum Gasteiger partial charge on any atom is 0.225 e. The lowest BCUT2D eigenvalue weighted by Crippen LogP contribution is -2.46. The molecule has 2 atom stereocenters. The van der Waals surface area contributed by atoms with Crippen molar-refractivity contribution in [2.24, 2.45) is 11.8 Å². The molecule has 0 spiro atoms. The van der Waals surface area contributed by atoms with Gasteiger partial charge in [-0.1, -0.05) is 6.92 Å². The highest BCUT2D eigenvalue weighted by atomic mass is 16.2. The Hall–Kier alpha value is -1.65. The normalized spacial score (nSPS) is 25.2. The fourth-order valence-electron chi connectivity index (χ4n) is 3.45. The van der Waals surface area contributed by atoms with Crippen molar-refractivity contribution in [2.45, 2.75) is 46.1 Å². The number of piperidine rings is 1. The third kappa shape index (κ3) is 3.08. The second-order valence-corrected chi connectivity index (χ2v) is 6.90. The summed E-state index contributed by atoms with van der Waals surface area (Å²) < 4.78 is 0. The Morgan fingerprint density at radius 1 is 1.27 bits per heavy atom. The lowest BCUT2D eigenvalue weighted by atomic mass is 10.0. The number of aromatic nitrogens is 2. The first kappa shape index (κ1) is 15.3. The van der Waals surface area contributed by atoms with E-state index in [1.807, 2.05) is 31.9 Å². The predicted octanol–water partition coefficient (Wildman–Crippen LogP) is 2.18. The van der Waals surface area contributed by atoms with Gasteiger partial charge in [0.2, 0.25) is 5.91 Å². The maximum absolute atomic E-state index is 12.3. The molecule has 1 aliphatic heterocycles. The summed E-state index contributed by atoms with van der Waals surface area (Å²) in [5.74, 6) is 3.07. The number of aryl methyl sites for hydroxylation is 2. The van der Waals surface area contributed by atoms with Gasteiger partial charge in [0.15, 0.2) is 0 Å². The van der Waals surface area contributed by atoms with Crippen LogP contribution in [0.3, 0.4) is 0 Å². The smallest absolute Gasteiger partial charge is 0.225 e. The molecule has 120 valence electrons. The van der Waals surface area contributed by atoms with Gasteiger partial charge in [0.05, 0.1) is 0 Å². The Morgan fingerprint density at radius 3 is 2.45 bits per heavy atom. The number of anilines is 1. The van der Waals surface area contributed by atoms with Crippen LogP contribution in [-0.2, 0) is 4.79 Å². The van der Waals surface area contributed by atoms with Crippen molar-refractivity contribution in [3.05, 3.63) is 17.6 Å². The molecule has 5 nitrogen and oxygen atoms in total. The lowest BCUT2D eigenvalue weighted by molar-refractivity contribution is -0.134. The van der Waals surface area contributed by atoms with E-state index in [2.05, 4.69) is 21.8 Å². The minimum Gasteiger partial charge on any atom is -0.356 e. The van der Waals surface area contributed by atoms with Crippen molar-refractivity contribution >= 4 is 11.7 Å². The zero-order valence-corrected chi connectivity index (χ0v) is 14.0. The van der Waals surface area contributed by atoms with Crippen LogP contribution in [0.1, 0.15) is 37.7 Å². The molecule has 5 heteroatoms. The number of nitrogens with zero attached hydrogens (tertiary/aromatic N) is 4. The van der Waals surface area contributed by atoms with Crippen molar-refractivity contribution in [3.8, 4) is 0 Å². The summed E-state index contributed by atoms with van der Waals surface area (Å²) in [4.78, 5) is 25.5. The van der Waals surface area contributed by atoms with Crippen molar-refractivity contribution in [3.63, 3.8) is 0 Å². The van der Waals surface area contributed by atoms with Gasteiger partial charge in [0.25, 0.3) is 0 Å². The third-order valence-corrected chi connectivity index (χ3v) is 5.06. The van der Waals surface area contributed by atoms with Gasteiger partial charge in [0, 0.05) is 43.9 Å². The van der Waals surface area contributed by atoms with Crippen LogP contribution in [0.15, 0.2) is 6.07 Å². The van der Waals surface area contributed by atoms with Gasteiger partial charge < -0.3 is 9.80 Å². The van der Waals surface area contributed by atoms with E-state index in [0.717, 1.165) is 49.7 Å². The molecule has 1 aliphatic carbocycles. The van der Waals surface area contributed by atoms with Crippen LogP contribution in [0, 0.1) is 25.7 Å². The summed E-state index contributed by atoms with van der Waals surface area (Å²) in [6.07, 6.45) is 3.11. The Labute approximate surface area is 132 Å². The summed E-state index contributed by atoms with van der Waals surface area (Å²) in [5.41, 5.74) is 1.01. The molecule has 0 radical (unpaired) electrons. The minimum absolute atomic E-state index is 0.287. The van der Waals surface area contributed by atoms with Crippen molar-refractivity contribution in [1.29, 1.82) is 0 Å². The van der Waals surface area contributed by atoms with Crippen LogP contribution < -0.4 is 4.90 Å². The number of carbonyl (C=O) groups excluding carboxylic acids is 1. The van der Waals surface area contributed by atoms with Gasteiger partial charge in [-0.2, -0.15) is 0 Å². The van der Waals surface area contributed by atoms with Crippen LogP contribution in [0.2, 0.25) is 0 Å². The molecule has 1 aromatic heterocycles. The standard InChI is InChI=1S/C17H26N4O/c1-11-9-15(11)17(22)20(4)14-5-7-21(8-6-14)16-10-12(2)18-13(3)19-16/h10-11,14-15H,5-9H2,1-4H3/t11-,15+/m1/s1. The quantitative estimate of drug-likeness (QED) is 0.858. The molecule has 2 aliphatic rings. The second kappa shape index (κ2) is 5.86. The van der Waals surface area contributed by atoms with E-state index in [9.17, 15) is 4.79 Å². The number of amides is 1. The first-order chi connectivity index (χ1) is 10.5. The average molecular weight is 302 g/mol. The van der Waals surface area contributed by atoms with E-state index in [1.54, 1.807) is 0 Å². The third-order valence-electron chi connectivity index (χ3n) is 5.06. The van der Waals surface area contributed by atoms with E-state index < -0.39 is 0 Å². The van der Waals surface area contributed by atoms with E-state index in [-0.39, 0.29) is 5.92 Å². The summed E-state index contributed by atoms with van der Waals surface area (Å²) in [6.45, 7) is 8.02. The summed E-state index contributed by atoms with van der Waals surface area (Å²) in [6, 6.07) is 2.43. The fraction of sp³-hybridized carbons (Fsp3) is 0.706. The molecule has 0 bridgehead atoms. The Morgan fingerprint density at radius 2 is 1.91 bits per heavy atom. The molecular formula is C17H26N4O. The molecule has 2 fully saturated rings. The molecule has 2 heterocycles. The molecular weight excluding hydrogens is 276 g/mol. The van der Waals surface area contributed by atoms with E-state index >= 15 is 0 Å².